The molecule has 1 saturated carbocycles. The van der Waals surface area contributed by atoms with Crippen molar-refractivity contribution in [3.8, 4) is 0 Å². The standard InChI is InChI=1S/C8H14F3NO/c1-13-7(8(9,10)11)5-3-2-4-6(7)12/h6H,2-5,12H2,1H3. The lowest BCUT2D eigenvalue weighted by molar-refractivity contribution is -0.284. The third kappa shape index (κ3) is 1.67. The molecule has 5 heteroatoms. The molecule has 0 saturated heterocycles. The summed E-state index contributed by atoms with van der Waals surface area (Å²) >= 11 is 0. The summed E-state index contributed by atoms with van der Waals surface area (Å²) in [6, 6.07) is -0.925. The molecule has 0 amide bonds. The van der Waals surface area contributed by atoms with Gasteiger partial charge in [0.1, 0.15) is 0 Å². The van der Waals surface area contributed by atoms with Crippen molar-refractivity contribution < 1.29 is 17.9 Å². The molecule has 0 heterocycles. The third-order valence-corrected chi connectivity index (χ3v) is 2.76. The fourth-order valence-corrected chi connectivity index (χ4v) is 1.89. The van der Waals surface area contributed by atoms with Gasteiger partial charge in [-0.15, -0.1) is 0 Å². The molecule has 0 aromatic heterocycles. The van der Waals surface area contributed by atoms with Crippen LogP contribution >= 0.6 is 0 Å². The van der Waals surface area contributed by atoms with Crippen molar-refractivity contribution in [2.24, 2.45) is 5.73 Å². The van der Waals surface area contributed by atoms with E-state index >= 15 is 0 Å². The van der Waals surface area contributed by atoms with Gasteiger partial charge in [0.2, 0.25) is 0 Å². The van der Waals surface area contributed by atoms with Crippen LogP contribution in [0.15, 0.2) is 0 Å². The second-order valence-electron chi connectivity index (χ2n) is 3.44. The quantitative estimate of drug-likeness (QED) is 0.696. The Morgan fingerprint density at radius 3 is 2.31 bits per heavy atom. The summed E-state index contributed by atoms with van der Waals surface area (Å²) in [4.78, 5) is 0. The highest BCUT2D eigenvalue weighted by Crippen LogP contribution is 2.43. The Kier molecular flexibility index (Phi) is 2.87. The van der Waals surface area contributed by atoms with Gasteiger partial charge < -0.3 is 10.5 Å². The van der Waals surface area contributed by atoms with Gasteiger partial charge in [-0.1, -0.05) is 12.8 Å². The van der Waals surface area contributed by atoms with Crippen LogP contribution in [-0.2, 0) is 4.74 Å². The maximum Gasteiger partial charge on any atom is 0.418 e. The molecule has 1 aliphatic carbocycles. The Balaban J connectivity index is 2.89. The normalized spacial score (nSPS) is 36.2. The molecule has 1 aliphatic rings. The molecule has 0 aromatic rings. The first-order chi connectivity index (χ1) is 5.94. The molecule has 2 unspecified atom stereocenters. The van der Waals surface area contributed by atoms with E-state index in [2.05, 4.69) is 4.74 Å². The van der Waals surface area contributed by atoms with Crippen LogP contribution in [0.4, 0.5) is 13.2 Å². The second-order valence-corrected chi connectivity index (χ2v) is 3.44. The summed E-state index contributed by atoms with van der Waals surface area (Å²) in [5, 5.41) is 0. The number of rotatable bonds is 1. The minimum Gasteiger partial charge on any atom is -0.367 e. The Morgan fingerprint density at radius 1 is 1.38 bits per heavy atom. The van der Waals surface area contributed by atoms with Gasteiger partial charge in [-0.2, -0.15) is 13.2 Å². The van der Waals surface area contributed by atoms with Gasteiger partial charge in [0, 0.05) is 13.2 Å². The number of halogens is 3. The summed E-state index contributed by atoms with van der Waals surface area (Å²) in [6.07, 6.45) is -2.72. The third-order valence-electron chi connectivity index (χ3n) is 2.76. The van der Waals surface area contributed by atoms with Crippen LogP contribution in [0.1, 0.15) is 25.7 Å². The molecule has 1 fully saturated rings. The maximum absolute atomic E-state index is 12.6. The first kappa shape index (κ1) is 10.8. The molecule has 2 N–H and O–H groups in total. The Labute approximate surface area is 75.2 Å². The van der Waals surface area contributed by atoms with E-state index in [9.17, 15) is 13.2 Å². The van der Waals surface area contributed by atoms with E-state index in [1.54, 1.807) is 0 Å². The van der Waals surface area contributed by atoms with Gasteiger partial charge in [-0.3, -0.25) is 0 Å². The van der Waals surface area contributed by atoms with Gasteiger partial charge in [0.05, 0.1) is 0 Å². The van der Waals surface area contributed by atoms with Crippen molar-refractivity contribution in [3.63, 3.8) is 0 Å². The monoisotopic (exact) mass is 197 g/mol. The molecule has 0 bridgehead atoms. The van der Waals surface area contributed by atoms with Crippen molar-refractivity contribution in [1.29, 1.82) is 0 Å². The van der Waals surface area contributed by atoms with Crippen LogP contribution < -0.4 is 5.73 Å². The van der Waals surface area contributed by atoms with E-state index in [1.807, 2.05) is 0 Å². The van der Waals surface area contributed by atoms with E-state index in [0.717, 1.165) is 13.5 Å². The zero-order valence-electron chi connectivity index (χ0n) is 7.53. The van der Waals surface area contributed by atoms with Crippen LogP contribution in [0.3, 0.4) is 0 Å². The lowest BCUT2D eigenvalue weighted by Gasteiger charge is -2.42. The minimum atomic E-state index is -4.36. The fourth-order valence-electron chi connectivity index (χ4n) is 1.89. The van der Waals surface area contributed by atoms with Crippen molar-refractivity contribution in [1.82, 2.24) is 0 Å². The number of methoxy groups -OCH3 is 1. The molecule has 0 aromatic carbocycles. The summed E-state index contributed by atoms with van der Waals surface area (Å²) in [5.74, 6) is 0. The number of nitrogens with two attached hydrogens (primary N) is 1. The van der Waals surface area contributed by atoms with Crippen molar-refractivity contribution in [2.45, 2.75) is 43.5 Å². The van der Waals surface area contributed by atoms with Crippen LogP contribution in [0.25, 0.3) is 0 Å². The van der Waals surface area contributed by atoms with Crippen molar-refractivity contribution in [3.05, 3.63) is 0 Å². The molecule has 0 radical (unpaired) electrons. The molecule has 0 aliphatic heterocycles. The Bertz CT molecular complexity index is 183. The van der Waals surface area contributed by atoms with Crippen LogP contribution in [0.5, 0.6) is 0 Å². The Hall–Kier alpha value is -0.290. The van der Waals surface area contributed by atoms with Gasteiger partial charge in [0.15, 0.2) is 5.60 Å². The van der Waals surface area contributed by atoms with Gasteiger partial charge in [0.25, 0.3) is 0 Å². The van der Waals surface area contributed by atoms with Gasteiger partial charge in [-0.05, 0) is 12.8 Å². The fraction of sp³-hybridized carbons (Fsp3) is 1.00. The zero-order valence-corrected chi connectivity index (χ0v) is 7.53. The molecule has 1 rings (SSSR count). The zero-order chi connectivity index (χ0) is 10.1. The number of hydrogen-bond donors (Lipinski definition) is 1. The number of hydrogen-bond acceptors (Lipinski definition) is 2. The van der Waals surface area contributed by atoms with Crippen LogP contribution in [-0.4, -0.2) is 24.9 Å². The average Bonchev–Trinajstić information content (AvgIpc) is 2.03. The summed E-state index contributed by atoms with van der Waals surface area (Å²) in [5.41, 5.74) is 3.36. The molecule has 2 nitrogen and oxygen atoms in total. The van der Waals surface area contributed by atoms with Gasteiger partial charge >= 0.3 is 6.18 Å². The highest BCUT2D eigenvalue weighted by molar-refractivity contribution is 4.99. The first-order valence-electron chi connectivity index (χ1n) is 4.31. The smallest absolute Gasteiger partial charge is 0.367 e. The van der Waals surface area contributed by atoms with Crippen molar-refractivity contribution >= 4 is 0 Å². The lowest BCUT2D eigenvalue weighted by atomic mass is 9.80. The summed E-state index contributed by atoms with van der Waals surface area (Å²) in [7, 11) is 1.08. The van der Waals surface area contributed by atoms with E-state index in [0.29, 0.717) is 12.8 Å². The van der Waals surface area contributed by atoms with Gasteiger partial charge in [-0.25, -0.2) is 0 Å². The molecule has 0 spiro atoms. The van der Waals surface area contributed by atoms with E-state index in [1.165, 1.54) is 0 Å². The second kappa shape index (κ2) is 3.46. The lowest BCUT2D eigenvalue weighted by Crippen LogP contribution is -2.60. The first-order valence-corrected chi connectivity index (χ1v) is 4.31. The summed E-state index contributed by atoms with van der Waals surface area (Å²) < 4.78 is 42.5. The van der Waals surface area contributed by atoms with Crippen LogP contribution in [0, 0.1) is 0 Å². The molecule has 78 valence electrons. The number of alkyl halides is 3. The predicted octanol–water partition coefficient (Wildman–Crippen LogP) is 1.84. The Morgan fingerprint density at radius 2 is 2.00 bits per heavy atom. The SMILES string of the molecule is COC1(C(F)(F)F)CCCCC1N. The molecular formula is C8H14F3NO. The molecule has 13 heavy (non-hydrogen) atoms. The number of ether oxygens (including phenoxy) is 1. The molecular weight excluding hydrogens is 183 g/mol. The largest absolute Gasteiger partial charge is 0.418 e. The van der Waals surface area contributed by atoms with Crippen LogP contribution in [0.2, 0.25) is 0 Å². The van der Waals surface area contributed by atoms with E-state index in [-0.39, 0.29) is 6.42 Å². The van der Waals surface area contributed by atoms with Crippen molar-refractivity contribution in [2.75, 3.05) is 7.11 Å². The summed E-state index contributed by atoms with van der Waals surface area (Å²) in [6.45, 7) is 0. The molecule has 2 atom stereocenters. The minimum absolute atomic E-state index is 0.0197. The average molecular weight is 197 g/mol. The topological polar surface area (TPSA) is 35.2 Å². The highest BCUT2D eigenvalue weighted by Gasteiger charge is 2.59. The maximum atomic E-state index is 12.6. The predicted molar refractivity (Wildman–Crippen MR) is 42.2 cm³/mol. The van der Waals surface area contributed by atoms with E-state index < -0.39 is 17.8 Å². The highest BCUT2D eigenvalue weighted by atomic mass is 19.4. The van der Waals surface area contributed by atoms with E-state index in [4.69, 9.17) is 5.73 Å².